The van der Waals surface area contributed by atoms with Crippen LogP contribution in [0, 0.1) is 0 Å². The summed E-state index contributed by atoms with van der Waals surface area (Å²) in [4.78, 5) is 53.9. The smallest absolute Gasteiger partial charge is 0.261 e. The largest absolute Gasteiger partial charge is 0.352 e. The molecule has 0 bridgehead atoms. The minimum absolute atomic E-state index is 0.00611. The highest BCUT2D eigenvalue weighted by Gasteiger charge is 2.35. The predicted octanol–water partition coefficient (Wildman–Crippen LogP) is 4.16. The third-order valence-electron chi connectivity index (χ3n) is 6.06. The molecule has 3 rings (SSSR count). The normalized spacial score (nSPS) is 14.5. The zero-order valence-corrected chi connectivity index (χ0v) is 21.3. The molecule has 7 nitrogen and oxygen atoms in total. The maximum Gasteiger partial charge on any atom is 0.261 e. The van der Waals surface area contributed by atoms with Gasteiger partial charge in [0.1, 0.15) is 6.04 Å². The van der Waals surface area contributed by atoms with Gasteiger partial charge in [0.25, 0.3) is 11.8 Å². The van der Waals surface area contributed by atoms with E-state index in [0.717, 1.165) is 16.5 Å². The maximum absolute atomic E-state index is 13.2. The number of imide groups is 1. The van der Waals surface area contributed by atoms with Crippen LogP contribution in [-0.4, -0.2) is 52.1 Å². The standard InChI is InChI=1S/C26H30BrN3O4/c1-4-17(2)28-24(32)18(3)30(16-19-9-7-10-20(27)15-19)23(31)13-8-14-29-25(33)21-11-5-6-12-22(21)26(29)34/h5-7,9-12,15,17-18H,4,8,13-14,16H2,1-3H3,(H,28,32). The lowest BCUT2D eigenvalue weighted by atomic mass is 10.1. The summed E-state index contributed by atoms with van der Waals surface area (Å²) in [5.41, 5.74) is 1.68. The predicted molar refractivity (Wildman–Crippen MR) is 133 cm³/mol. The molecule has 4 amide bonds. The van der Waals surface area contributed by atoms with Crippen LogP contribution >= 0.6 is 15.9 Å². The molecule has 0 radical (unpaired) electrons. The number of hydrogen-bond acceptors (Lipinski definition) is 4. The molecule has 1 N–H and O–H groups in total. The monoisotopic (exact) mass is 527 g/mol. The van der Waals surface area contributed by atoms with Crippen molar-refractivity contribution in [3.05, 3.63) is 69.7 Å². The summed E-state index contributed by atoms with van der Waals surface area (Å²) in [6, 6.07) is 13.7. The lowest BCUT2D eigenvalue weighted by Gasteiger charge is -2.30. The van der Waals surface area contributed by atoms with Gasteiger partial charge in [-0.25, -0.2) is 0 Å². The van der Waals surface area contributed by atoms with E-state index in [1.54, 1.807) is 36.1 Å². The van der Waals surface area contributed by atoms with Gasteiger partial charge in [0.05, 0.1) is 11.1 Å². The highest BCUT2D eigenvalue weighted by molar-refractivity contribution is 9.10. The summed E-state index contributed by atoms with van der Waals surface area (Å²) in [7, 11) is 0. The van der Waals surface area contributed by atoms with Crippen LogP contribution in [0.15, 0.2) is 53.0 Å². The molecule has 2 unspecified atom stereocenters. The summed E-state index contributed by atoms with van der Waals surface area (Å²) < 4.78 is 0.889. The van der Waals surface area contributed by atoms with Crippen LogP contribution in [0.4, 0.5) is 0 Å². The van der Waals surface area contributed by atoms with E-state index >= 15 is 0 Å². The first-order valence-corrected chi connectivity index (χ1v) is 12.3. The summed E-state index contributed by atoms with van der Waals surface area (Å²) in [5, 5.41) is 2.94. The fraction of sp³-hybridized carbons (Fsp3) is 0.385. The van der Waals surface area contributed by atoms with Gasteiger partial charge < -0.3 is 10.2 Å². The van der Waals surface area contributed by atoms with E-state index in [-0.39, 0.29) is 49.2 Å². The van der Waals surface area contributed by atoms with Crippen LogP contribution in [0.2, 0.25) is 0 Å². The summed E-state index contributed by atoms with van der Waals surface area (Å²) in [5.74, 6) is -1.08. The number of benzene rings is 2. The Morgan fingerprint density at radius 2 is 1.68 bits per heavy atom. The van der Waals surface area contributed by atoms with Gasteiger partial charge in [-0.1, -0.05) is 47.1 Å². The average Bonchev–Trinajstić information content (AvgIpc) is 3.07. The Bertz CT molecular complexity index is 1050. The first-order chi connectivity index (χ1) is 16.2. The molecule has 8 heteroatoms. The van der Waals surface area contributed by atoms with Crippen molar-refractivity contribution in [2.45, 2.75) is 58.7 Å². The van der Waals surface area contributed by atoms with Gasteiger partial charge in [-0.3, -0.25) is 24.1 Å². The number of halogens is 1. The van der Waals surface area contributed by atoms with E-state index < -0.39 is 6.04 Å². The van der Waals surface area contributed by atoms with Crippen LogP contribution in [0.25, 0.3) is 0 Å². The van der Waals surface area contributed by atoms with Gasteiger partial charge in [0.15, 0.2) is 0 Å². The van der Waals surface area contributed by atoms with Crippen molar-refractivity contribution in [3.63, 3.8) is 0 Å². The molecule has 0 spiro atoms. The Balaban J connectivity index is 1.68. The average molecular weight is 528 g/mol. The van der Waals surface area contributed by atoms with E-state index in [2.05, 4.69) is 21.2 Å². The highest BCUT2D eigenvalue weighted by Crippen LogP contribution is 2.23. The third kappa shape index (κ3) is 5.91. The molecule has 1 aliphatic heterocycles. The molecule has 2 aromatic carbocycles. The molecular weight excluding hydrogens is 498 g/mol. The van der Waals surface area contributed by atoms with Gasteiger partial charge in [0.2, 0.25) is 11.8 Å². The molecule has 0 aromatic heterocycles. The molecule has 34 heavy (non-hydrogen) atoms. The number of rotatable bonds is 10. The summed E-state index contributed by atoms with van der Waals surface area (Å²) >= 11 is 3.45. The van der Waals surface area contributed by atoms with Crippen molar-refractivity contribution in [2.24, 2.45) is 0 Å². The number of carbonyl (C=O) groups excluding carboxylic acids is 4. The Morgan fingerprint density at radius 1 is 1.03 bits per heavy atom. The van der Waals surface area contributed by atoms with E-state index in [0.29, 0.717) is 17.5 Å². The number of nitrogens with zero attached hydrogens (tertiary/aromatic N) is 2. The zero-order valence-electron chi connectivity index (χ0n) is 19.7. The molecule has 1 aliphatic rings. The third-order valence-corrected chi connectivity index (χ3v) is 6.55. The molecule has 0 aliphatic carbocycles. The Hall–Kier alpha value is -3.00. The Labute approximate surface area is 208 Å². The molecule has 2 atom stereocenters. The molecule has 0 fully saturated rings. The number of nitrogens with one attached hydrogen (secondary N) is 1. The van der Waals surface area contributed by atoms with Crippen LogP contribution < -0.4 is 5.32 Å². The van der Waals surface area contributed by atoms with E-state index in [1.807, 2.05) is 38.1 Å². The highest BCUT2D eigenvalue weighted by atomic mass is 79.9. The SMILES string of the molecule is CCC(C)NC(=O)C(C)N(Cc1cccc(Br)c1)C(=O)CCCN1C(=O)c2ccccc2C1=O. The minimum Gasteiger partial charge on any atom is -0.352 e. The van der Waals surface area contributed by atoms with E-state index in [4.69, 9.17) is 0 Å². The van der Waals surface area contributed by atoms with E-state index in [1.165, 1.54) is 4.90 Å². The Morgan fingerprint density at radius 3 is 2.26 bits per heavy atom. The van der Waals surface area contributed by atoms with Gasteiger partial charge in [-0.2, -0.15) is 0 Å². The first-order valence-electron chi connectivity index (χ1n) is 11.5. The Kier molecular flexibility index (Phi) is 8.61. The summed E-state index contributed by atoms with van der Waals surface area (Å²) in [6.07, 6.45) is 1.22. The second-order valence-electron chi connectivity index (χ2n) is 8.56. The lowest BCUT2D eigenvalue weighted by Crippen LogP contribution is -2.49. The number of amides is 4. The molecular formula is C26H30BrN3O4. The fourth-order valence-electron chi connectivity index (χ4n) is 3.85. The lowest BCUT2D eigenvalue weighted by molar-refractivity contribution is -0.141. The molecule has 1 heterocycles. The zero-order chi connectivity index (χ0) is 24.8. The van der Waals surface area contributed by atoms with Gasteiger partial charge in [-0.15, -0.1) is 0 Å². The van der Waals surface area contributed by atoms with Crippen LogP contribution in [0.1, 0.15) is 66.3 Å². The van der Waals surface area contributed by atoms with Gasteiger partial charge >= 0.3 is 0 Å². The van der Waals surface area contributed by atoms with Crippen LogP contribution in [0.3, 0.4) is 0 Å². The van der Waals surface area contributed by atoms with Crippen molar-refractivity contribution < 1.29 is 19.2 Å². The van der Waals surface area contributed by atoms with Crippen molar-refractivity contribution in [2.75, 3.05) is 6.54 Å². The van der Waals surface area contributed by atoms with Crippen molar-refractivity contribution in [1.29, 1.82) is 0 Å². The first kappa shape index (κ1) is 25.6. The molecule has 0 saturated carbocycles. The van der Waals surface area contributed by atoms with E-state index in [9.17, 15) is 19.2 Å². The van der Waals surface area contributed by atoms with Crippen molar-refractivity contribution >= 4 is 39.6 Å². The fourth-order valence-corrected chi connectivity index (χ4v) is 4.30. The number of fused-ring (bicyclic) bond motifs is 1. The van der Waals surface area contributed by atoms with Crippen LogP contribution in [0.5, 0.6) is 0 Å². The minimum atomic E-state index is -0.667. The molecule has 180 valence electrons. The topological polar surface area (TPSA) is 86.8 Å². The molecule has 2 aromatic rings. The second-order valence-corrected chi connectivity index (χ2v) is 9.47. The second kappa shape index (κ2) is 11.4. The quantitative estimate of drug-likeness (QED) is 0.470. The molecule has 0 saturated heterocycles. The van der Waals surface area contributed by atoms with Crippen molar-refractivity contribution in [3.8, 4) is 0 Å². The number of carbonyl (C=O) groups is 4. The maximum atomic E-state index is 13.2. The van der Waals surface area contributed by atoms with Crippen LogP contribution in [-0.2, 0) is 16.1 Å². The van der Waals surface area contributed by atoms with Gasteiger partial charge in [0, 0.05) is 30.0 Å². The van der Waals surface area contributed by atoms with Gasteiger partial charge in [-0.05, 0) is 56.5 Å². The number of hydrogen-bond donors (Lipinski definition) is 1. The summed E-state index contributed by atoms with van der Waals surface area (Å²) in [6.45, 7) is 6.06. The van der Waals surface area contributed by atoms with Crippen molar-refractivity contribution in [1.82, 2.24) is 15.1 Å².